The second-order valence-electron chi connectivity index (χ2n) is 9.13. The lowest BCUT2D eigenvalue weighted by Crippen LogP contribution is -2.40. The highest BCUT2D eigenvalue weighted by atomic mass is 19.4. The molecule has 10 heteroatoms. The third-order valence-corrected chi connectivity index (χ3v) is 6.76. The third-order valence-electron chi connectivity index (χ3n) is 6.76. The molecule has 0 bridgehead atoms. The molecule has 2 heterocycles. The average molecular weight is 443 g/mol. The minimum absolute atomic E-state index is 0.178. The Labute approximate surface area is 178 Å². The molecular weight excluding hydrogens is 415 g/mol. The van der Waals surface area contributed by atoms with Gasteiger partial charge in [-0.25, -0.2) is 0 Å². The zero-order chi connectivity index (χ0) is 22.6. The van der Waals surface area contributed by atoms with Crippen LogP contribution in [0.15, 0.2) is 10.7 Å². The van der Waals surface area contributed by atoms with Gasteiger partial charge in [0.2, 0.25) is 5.60 Å². The first kappa shape index (κ1) is 22.3. The summed E-state index contributed by atoms with van der Waals surface area (Å²) in [6.45, 7) is 4.87. The van der Waals surface area contributed by atoms with Gasteiger partial charge in [0.15, 0.2) is 5.76 Å². The molecule has 172 valence electrons. The van der Waals surface area contributed by atoms with Crippen molar-refractivity contribution in [2.24, 2.45) is 0 Å². The van der Waals surface area contributed by atoms with Gasteiger partial charge < -0.3 is 19.1 Å². The Bertz CT molecular complexity index is 942. The Kier molecular flexibility index (Phi) is 5.46. The number of ether oxygens (including phenoxy) is 2. The van der Waals surface area contributed by atoms with Crippen LogP contribution in [0.3, 0.4) is 0 Å². The normalized spacial score (nSPS) is 28.1. The summed E-state index contributed by atoms with van der Waals surface area (Å²) < 4.78 is 58.4. The Morgan fingerprint density at radius 1 is 1.32 bits per heavy atom. The number of fused-ring (bicyclic) bond motifs is 3. The van der Waals surface area contributed by atoms with Gasteiger partial charge in [-0.2, -0.15) is 18.3 Å². The monoisotopic (exact) mass is 443 g/mol. The highest BCUT2D eigenvalue weighted by Crippen LogP contribution is 2.48. The molecule has 1 N–H and O–H groups in total. The predicted molar refractivity (Wildman–Crippen MR) is 104 cm³/mol. The summed E-state index contributed by atoms with van der Waals surface area (Å²) in [4.78, 5) is 0. The van der Waals surface area contributed by atoms with E-state index in [2.05, 4.69) is 17.2 Å². The first-order chi connectivity index (χ1) is 14.5. The molecule has 0 amide bonds. The number of aromatic nitrogens is 3. The van der Waals surface area contributed by atoms with E-state index in [1.54, 1.807) is 13.3 Å². The van der Waals surface area contributed by atoms with Crippen LogP contribution in [0, 0.1) is 0 Å². The first-order valence-electron chi connectivity index (χ1n) is 10.5. The molecule has 0 saturated heterocycles. The summed E-state index contributed by atoms with van der Waals surface area (Å²) in [6.07, 6.45) is 0.737. The van der Waals surface area contributed by atoms with Gasteiger partial charge in [-0.15, -0.1) is 0 Å². The molecule has 1 fully saturated rings. The van der Waals surface area contributed by atoms with Crippen molar-refractivity contribution in [3.8, 4) is 11.3 Å². The summed E-state index contributed by atoms with van der Waals surface area (Å²) >= 11 is 0. The standard InChI is InChI=1S/C21H28F3N3O4/c1-12-9-15-14(17-16(12)18(26-31-17)20(3,28)21(22,23)24)10-25-27(15)13-5-7-19(2,8-6-13)30-11-29-4/h10,12-13,28H,5-9,11H2,1-4H3/t12-,13?,19?,20+/m0/s1. The van der Waals surface area contributed by atoms with Crippen molar-refractivity contribution in [2.45, 2.75) is 82.2 Å². The first-order valence-corrected chi connectivity index (χ1v) is 10.5. The summed E-state index contributed by atoms with van der Waals surface area (Å²) in [5.41, 5.74) is -1.90. The van der Waals surface area contributed by atoms with Gasteiger partial charge >= 0.3 is 6.18 Å². The van der Waals surface area contributed by atoms with E-state index in [-0.39, 0.29) is 30.1 Å². The van der Waals surface area contributed by atoms with Gasteiger partial charge in [-0.05, 0) is 51.9 Å². The number of hydrogen-bond acceptors (Lipinski definition) is 6. The van der Waals surface area contributed by atoms with E-state index in [0.29, 0.717) is 24.5 Å². The highest BCUT2D eigenvalue weighted by Gasteiger charge is 2.55. The number of methoxy groups -OCH3 is 1. The molecule has 2 aromatic rings. The fourth-order valence-corrected chi connectivity index (χ4v) is 4.72. The maximum Gasteiger partial charge on any atom is 0.422 e. The van der Waals surface area contributed by atoms with Crippen LogP contribution >= 0.6 is 0 Å². The molecule has 2 atom stereocenters. The lowest BCUT2D eigenvalue weighted by atomic mass is 9.81. The fraction of sp³-hybridized carbons (Fsp3) is 0.714. The van der Waals surface area contributed by atoms with Crippen LogP contribution in [-0.4, -0.2) is 45.7 Å². The lowest BCUT2D eigenvalue weighted by molar-refractivity contribution is -0.261. The van der Waals surface area contributed by atoms with Gasteiger partial charge in [0.1, 0.15) is 12.5 Å². The molecule has 0 aliphatic heterocycles. The van der Waals surface area contributed by atoms with E-state index in [9.17, 15) is 18.3 Å². The van der Waals surface area contributed by atoms with Gasteiger partial charge in [0, 0.05) is 12.7 Å². The lowest BCUT2D eigenvalue weighted by Gasteiger charge is -2.37. The third kappa shape index (κ3) is 3.68. The number of rotatable bonds is 5. The number of hydrogen-bond donors (Lipinski definition) is 1. The van der Waals surface area contributed by atoms with Crippen LogP contribution in [0.5, 0.6) is 0 Å². The summed E-state index contributed by atoms with van der Waals surface area (Å²) in [6, 6.07) is 0.178. The van der Waals surface area contributed by atoms with Gasteiger partial charge in [0.05, 0.1) is 29.1 Å². The Morgan fingerprint density at radius 2 is 2.00 bits per heavy atom. The van der Waals surface area contributed by atoms with Crippen LogP contribution in [0.1, 0.15) is 75.4 Å². The maximum atomic E-state index is 13.4. The van der Waals surface area contributed by atoms with Gasteiger partial charge in [-0.3, -0.25) is 4.68 Å². The molecule has 0 unspecified atom stereocenters. The van der Waals surface area contributed by atoms with Crippen molar-refractivity contribution in [2.75, 3.05) is 13.9 Å². The molecule has 1 saturated carbocycles. The minimum Gasteiger partial charge on any atom is -0.375 e. The van der Waals surface area contributed by atoms with E-state index < -0.39 is 17.5 Å². The number of nitrogens with zero attached hydrogens (tertiary/aromatic N) is 3. The van der Waals surface area contributed by atoms with E-state index in [4.69, 9.17) is 14.0 Å². The predicted octanol–water partition coefficient (Wildman–Crippen LogP) is 4.46. The molecule has 7 nitrogen and oxygen atoms in total. The molecule has 0 aromatic carbocycles. The van der Waals surface area contributed by atoms with Gasteiger partial charge in [-0.1, -0.05) is 12.1 Å². The fourth-order valence-electron chi connectivity index (χ4n) is 4.72. The van der Waals surface area contributed by atoms with Crippen molar-refractivity contribution >= 4 is 0 Å². The van der Waals surface area contributed by atoms with Crippen molar-refractivity contribution < 1.29 is 32.3 Å². The SMILES string of the molecule is COCOC1(C)CCC(n2ncc3c2C[C@H](C)c2c([C@@](C)(O)C(F)(F)F)noc2-3)CC1. The average Bonchev–Trinajstić information content (AvgIpc) is 3.31. The molecule has 2 aliphatic rings. The van der Waals surface area contributed by atoms with Crippen molar-refractivity contribution in [3.63, 3.8) is 0 Å². The molecule has 0 radical (unpaired) electrons. The Morgan fingerprint density at radius 3 is 2.61 bits per heavy atom. The van der Waals surface area contributed by atoms with E-state index in [1.165, 1.54) is 0 Å². The molecule has 4 rings (SSSR count). The summed E-state index contributed by atoms with van der Waals surface area (Å²) in [7, 11) is 1.60. The smallest absolute Gasteiger partial charge is 0.375 e. The van der Waals surface area contributed by atoms with Crippen LogP contribution < -0.4 is 0 Å². The minimum atomic E-state index is -4.86. The largest absolute Gasteiger partial charge is 0.422 e. The zero-order valence-corrected chi connectivity index (χ0v) is 18.1. The quantitative estimate of drug-likeness (QED) is 0.687. The highest BCUT2D eigenvalue weighted by molar-refractivity contribution is 5.68. The zero-order valence-electron chi connectivity index (χ0n) is 18.1. The van der Waals surface area contributed by atoms with Crippen LogP contribution in [0.25, 0.3) is 11.3 Å². The van der Waals surface area contributed by atoms with E-state index in [0.717, 1.165) is 31.4 Å². The van der Waals surface area contributed by atoms with Crippen LogP contribution in [-0.2, 0) is 21.5 Å². The second kappa shape index (κ2) is 7.60. The van der Waals surface area contributed by atoms with Gasteiger partial charge in [0.25, 0.3) is 0 Å². The summed E-state index contributed by atoms with van der Waals surface area (Å²) in [5.74, 6) is -0.0319. The van der Waals surface area contributed by atoms with E-state index >= 15 is 0 Å². The summed E-state index contributed by atoms with van der Waals surface area (Å²) in [5, 5.41) is 18.4. The Hall–Kier alpha value is -1.91. The second-order valence-corrected chi connectivity index (χ2v) is 9.13. The van der Waals surface area contributed by atoms with Crippen LogP contribution in [0.4, 0.5) is 13.2 Å². The maximum absolute atomic E-state index is 13.4. The number of alkyl halides is 3. The van der Waals surface area contributed by atoms with Crippen LogP contribution in [0.2, 0.25) is 0 Å². The van der Waals surface area contributed by atoms with Crippen molar-refractivity contribution in [3.05, 3.63) is 23.1 Å². The van der Waals surface area contributed by atoms with Crippen molar-refractivity contribution in [1.29, 1.82) is 0 Å². The van der Waals surface area contributed by atoms with E-state index in [1.807, 2.05) is 11.6 Å². The Balaban J connectivity index is 1.62. The molecule has 0 spiro atoms. The topological polar surface area (TPSA) is 82.5 Å². The molecule has 31 heavy (non-hydrogen) atoms. The molecule has 2 aliphatic carbocycles. The van der Waals surface area contributed by atoms with Crippen molar-refractivity contribution in [1.82, 2.24) is 14.9 Å². The molecule has 2 aromatic heterocycles. The molecular formula is C21H28F3N3O4. The number of aliphatic hydroxyl groups is 1. The number of halogens is 3.